The quantitative estimate of drug-likeness (QED) is 0.856. The van der Waals surface area contributed by atoms with Crippen LogP contribution in [0.3, 0.4) is 0 Å². The van der Waals surface area contributed by atoms with Crippen LogP contribution in [0.4, 0.5) is 5.69 Å². The molecule has 3 aliphatic rings. The van der Waals surface area contributed by atoms with E-state index in [4.69, 9.17) is 4.18 Å². The van der Waals surface area contributed by atoms with Crippen LogP contribution in [0, 0.1) is 11.8 Å². The van der Waals surface area contributed by atoms with Gasteiger partial charge in [-0.1, -0.05) is 6.42 Å². The Morgan fingerprint density at radius 2 is 1.96 bits per heavy atom. The molecule has 2 fully saturated rings. The Hall–Kier alpha value is -1.30. The molecule has 0 aliphatic heterocycles. The molecule has 2 bridgehead atoms. The standard InChI is InChI=1S/C17H24N2O3S/c1-23(20,21)22-17-14-5-3-2-4-13(14)16(10-18-17)19-15-9-11-6-7-12(15)8-11/h10-12,15,19H,2-9H2,1H3/t11-,12+,15+/m0/s1. The number of fused-ring (bicyclic) bond motifs is 3. The molecule has 0 radical (unpaired) electrons. The summed E-state index contributed by atoms with van der Waals surface area (Å²) < 4.78 is 28.0. The molecule has 0 unspecified atom stereocenters. The van der Waals surface area contributed by atoms with Gasteiger partial charge in [-0.2, -0.15) is 8.42 Å². The van der Waals surface area contributed by atoms with E-state index in [0.717, 1.165) is 55.0 Å². The highest BCUT2D eigenvalue weighted by Gasteiger charge is 2.39. The van der Waals surface area contributed by atoms with Gasteiger partial charge in [0.15, 0.2) is 0 Å². The summed E-state index contributed by atoms with van der Waals surface area (Å²) in [4.78, 5) is 4.32. The SMILES string of the molecule is CS(=O)(=O)Oc1ncc(N[C@@H]2C[C@H]3CC[C@@H]2C3)c2c1CCCC2. The van der Waals surface area contributed by atoms with Crippen LogP contribution in [0.5, 0.6) is 5.88 Å². The van der Waals surface area contributed by atoms with Gasteiger partial charge in [0.25, 0.3) is 0 Å². The summed E-state index contributed by atoms with van der Waals surface area (Å²) in [6.45, 7) is 0. The van der Waals surface area contributed by atoms with E-state index in [0.29, 0.717) is 6.04 Å². The topological polar surface area (TPSA) is 68.3 Å². The van der Waals surface area contributed by atoms with E-state index in [1.165, 1.54) is 31.2 Å². The lowest BCUT2D eigenvalue weighted by molar-refractivity contribution is 0.438. The molecule has 0 amide bonds. The van der Waals surface area contributed by atoms with Gasteiger partial charge in [-0.3, -0.25) is 0 Å². The fourth-order valence-electron chi connectivity index (χ4n) is 4.68. The van der Waals surface area contributed by atoms with Crippen LogP contribution in [0.1, 0.15) is 49.7 Å². The van der Waals surface area contributed by atoms with Crippen LogP contribution in [-0.4, -0.2) is 25.7 Å². The molecular formula is C17H24N2O3S. The Morgan fingerprint density at radius 1 is 1.17 bits per heavy atom. The number of pyridine rings is 1. The van der Waals surface area contributed by atoms with E-state index in [9.17, 15) is 8.42 Å². The second kappa shape index (κ2) is 5.65. The number of nitrogens with zero attached hydrogens (tertiary/aromatic N) is 1. The van der Waals surface area contributed by atoms with Crippen molar-refractivity contribution in [1.29, 1.82) is 0 Å². The van der Waals surface area contributed by atoms with E-state index in [1.54, 1.807) is 6.20 Å². The van der Waals surface area contributed by atoms with Crippen LogP contribution in [-0.2, 0) is 23.0 Å². The highest BCUT2D eigenvalue weighted by molar-refractivity contribution is 7.86. The zero-order chi connectivity index (χ0) is 16.0. The average Bonchev–Trinajstić information content (AvgIpc) is 3.11. The van der Waals surface area contributed by atoms with Gasteiger partial charge in [-0.15, -0.1) is 0 Å². The van der Waals surface area contributed by atoms with Gasteiger partial charge in [-0.05, 0) is 62.3 Å². The lowest BCUT2D eigenvalue weighted by Gasteiger charge is -2.27. The summed E-state index contributed by atoms with van der Waals surface area (Å²) in [7, 11) is -3.54. The molecular weight excluding hydrogens is 312 g/mol. The number of hydrogen-bond acceptors (Lipinski definition) is 5. The fourth-order valence-corrected chi connectivity index (χ4v) is 5.11. The largest absolute Gasteiger partial charge is 0.381 e. The maximum atomic E-state index is 11.5. The van der Waals surface area contributed by atoms with Crippen LogP contribution in [0.2, 0.25) is 0 Å². The predicted molar refractivity (Wildman–Crippen MR) is 89.2 cm³/mol. The Morgan fingerprint density at radius 3 is 2.61 bits per heavy atom. The average molecular weight is 336 g/mol. The zero-order valence-corrected chi connectivity index (χ0v) is 14.4. The summed E-state index contributed by atoms with van der Waals surface area (Å²) in [6, 6.07) is 0.559. The number of aromatic nitrogens is 1. The molecule has 1 N–H and O–H groups in total. The molecule has 6 heteroatoms. The maximum absolute atomic E-state index is 11.5. The van der Waals surface area contributed by atoms with E-state index >= 15 is 0 Å². The van der Waals surface area contributed by atoms with Crippen LogP contribution >= 0.6 is 0 Å². The molecule has 5 nitrogen and oxygen atoms in total. The van der Waals surface area contributed by atoms with E-state index < -0.39 is 10.1 Å². The monoisotopic (exact) mass is 336 g/mol. The second-order valence-corrected chi connectivity index (χ2v) is 8.93. The molecule has 0 aromatic carbocycles. The smallest absolute Gasteiger partial charge is 0.307 e. The minimum Gasteiger partial charge on any atom is -0.381 e. The van der Waals surface area contributed by atoms with E-state index in [2.05, 4.69) is 10.3 Å². The Kier molecular flexibility index (Phi) is 3.75. The molecule has 3 aliphatic carbocycles. The summed E-state index contributed by atoms with van der Waals surface area (Å²) >= 11 is 0. The van der Waals surface area contributed by atoms with Crippen LogP contribution in [0.15, 0.2) is 6.20 Å². The molecule has 1 aromatic rings. The summed E-state index contributed by atoms with van der Waals surface area (Å²) in [6.07, 6.45) is 12.2. The first-order chi connectivity index (χ1) is 11.0. The van der Waals surface area contributed by atoms with Gasteiger partial charge in [-0.25, -0.2) is 4.98 Å². The summed E-state index contributed by atoms with van der Waals surface area (Å²) in [5, 5.41) is 3.72. The van der Waals surface area contributed by atoms with E-state index in [-0.39, 0.29) is 5.88 Å². The highest BCUT2D eigenvalue weighted by Crippen LogP contribution is 2.46. The lowest BCUT2D eigenvalue weighted by atomic mass is 9.90. The van der Waals surface area contributed by atoms with Gasteiger partial charge < -0.3 is 9.50 Å². The molecule has 3 atom stereocenters. The van der Waals surface area contributed by atoms with Crippen molar-refractivity contribution in [3.05, 3.63) is 17.3 Å². The lowest BCUT2D eigenvalue weighted by Crippen LogP contribution is -2.27. The molecule has 0 saturated heterocycles. The Balaban J connectivity index is 1.63. The van der Waals surface area contributed by atoms with Crippen LogP contribution < -0.4 is 9.50 Å². The molecule has 0 spiro atoms. The molecule has 23 heavy (non-hydrogen) atoms. The Labute approximate surface area is 138 Å². The minimum absolute atomic E-state index is 0.278. The predicted octanol–water partition coefficient (Wildman–Crippen LogP) is 2.90. The Bertz CT molecular complexity index is 717. The van der Waals surface area contributed by atoms with Crippen molar-refractivity contribution in [2.75, 3.05) is 11.6 Å². The number of rotatable bonds is 4. The number of hydrogen-bond donors (Lipinski definition) is 1. The molecule has 4 rings (SSSR count). The molecule has 2 saturated carbocycles. The van der Waals surface area contributed by atoms with Gasteiger partial charge in [0.05, 0.1) is 18.1 Å². The maximum Gasteiger partial charge on any atom is 0.307 e. The normalized spacial score (nSPS) is 29.3. The first-order valence-electron chi connectivity index (χ1n) is 8.66. The van der Waals surface area contributed by atoms with Crippen molar-refractivity contribution in [3.63, 3.8) is 0 Å². The zero-order valence-electron chi connectivity index (χ0n) is 13.5. The summed E-state index contributed by atoms with van der Waals surface area (Å²) in [5.74, 6) is 1.97. The van der Waals surface area contributed by atoms with Crippen LogP contribution in [0.25, 0.3) is 0 Å². The van der Waals surface area contributed by atoms with Gasteiger partial charge in [0, 0.05) is 11.6 Å². The third-order valence-electron chi connectivity index (χ3n) is 5.67. The molecule has 126 valence electrons. The second-order valence-electron chi connectivity index (χ2n) is 7.35. The van der Waals surface area contributed by atoms with Crippen molar-refractivity contribution >= 4 is 15.8 Å². The van der Waals surface area contributed by atoms with Crippen molar-refractivity contribution in [3.8, 4) is 5.88 Å². The van der Waals surface area contributed by atoms with Gasteiger partial charge >= 0.3 is 10.1 Å². The molecule has 1 heterocycles. The van der Waals surface area contributed by atoms with Crippen molar-refractivity contribution < 1.29 is 12.6 Å². The first-order valence-corrected chi connectivity index (χ1v) is 10.5. The minimum atomic E-state index is -3.54. The molecule has 1 aromatic heterocycles. The third kappa shape index (κ3) is 3.05. The highest BCUT2D eigenvalue weighted by atomic mass is 32.2. The van der Waals surface area contributed by atoms with Crippen molar-refractivity contribution in [2.24, 2.45) is 11.8 Å². The number of nitrogens with one attached hydrogen (secondary N) is 1. The number of anilines is 1. The van der Waals surface area contributed by atoms with Gasteiger partial charge in [0.1, 0.15) is 0 Å². The van der Waals surface area contributed by atoms with E-state index in [1.807, 2.05) is 0 Å². The van der Waals surface area contributed by atoms with Gasteiger partial charge in [0.2, 0.25) is 5.88 Å². The van der Waals surface area contributed by atoms with Crippen molar-refractivity contribution in [2.45, 2.75) is 57.4 Å². The first kappa shape index (κ1) is 15.2. The van der Waals surface area contributed by atoms with Crippen molar-refractivity contribution in [1.82, 2.24) is 4.98 Å². The third-order valence-corrected chi connectivity index (χ3v) is 6.13. The fraction of sp³-hybridized carbons (Fsp3) is 0.706. The summed E-state index contributed by atoms with van der Waals surface area (Å²) in [5.41, 5.74) is 3.29.